The summed E-state index contributed by atoms with van der Waals surface area (Å²) < 4.78 is 27.8. The van der Waals surface area contributed by atoms with Gasteiger partial charge in [0.1, 0.15) is 0 Å². The molecular weight excluding hydrogens is 524 g/mol. The summed E-state index contributed by atoms with van der Waals surface area (Å²) in [5.41, 5.74) is 13.0. The summed E-state index contributed by atoms with van der Waals surface area (Å²) in [4.78, 5) is 32.8. The Balaban J connectivity index is 0.000000404. The van der Waals surface area contributed by atoms with E-state index in [9.17, 15) is 22.8 Å². The summed E-state index contributed by atoms with van der Waals surface area (Å²) in [5, 5.41) is 16.4. The van der Waals surface area contributed by atoms with Gasteiger partial charge in [-0.15, -0.1) is 0 Å². The van der Waals surface area contributed by atoms with E-state index in [4.69, 9.17) is 16.6 Å². The highest BCUT2D eigenvalue weighted by atomic mass is 32.2. The summed E-state index contributed by atoms with van der Waals surface area (Å²) in [6.07, 6.45) is 1.05. The Kier molecular flexibility index (Phi) is 11.6. The maximum atomic E-state index is 12.7. The van der Waals surface area contributed by atoms with Crippen molar-refractivity contribution in [1.82, 2.24) is 5.32 Å². The van der Waals surface area contributed by atoms with Crippen LogP contribution in [0.1, 0.15) is 25.3 Å². The molecule has 0 aliphatic carbocycles. The monoisotopic (exact) mass is 556 g/mol. The number of anilines is 4. The highest BCUT2D eigenvalue weighted by molar-refractivity contribution is 7.92. The number of nitrogens with one attached hydrogen (secondary N) is 4. The van der Waals surface area contributed by atoms with Crippen molar-refractivity contribution in [2.75, 3.05) is 27.6 Å². The van der Waals surface area contributed by atoms with Crippen LogP contribution in [0.2, 0.25) is 0 Å². The fraction of sp³-hybridized carbons (Fsp3) is 0.192. The van der Waals surface area contributed by atoms with Gasteiger partial charge in [0.05, 0.1) is 4.90 Å². The molecule has 0 saturated heterocycles. The molecule has 0 bridgehead atoms. The van der Waals surface area contributed by atoms with Crippen molar-refractivity contribution in [2.24, 2.45) is 5.73 Å². The minimum absolute atomic E-state index is 0.00303. The fourth-order valence-electron chi connectivity index (χ4n) is 3.12. The van der Waals surface area contributed by atoms with Crippen LogP contribution in [0.4, 0.5) is 32.3 Å². The molecule has 13 heteroatoms. The molecule has 0 aliphatic rings. The molecule has 3 aromatic carbocycles. The van der Waals surface area contributed by atoms with Crippen LogP contribution in [0.3, 0.4) is 0 Å². The second-order valence-corrected chi connectivity index (χ2v) is 9.90. The molecule has 12 nitrogen and oxygen atoms in total. The SMILES string of the molecule is CCCNC(=O)Nc1cccc(S(=O)(=O)Nc2cccc(CCC(=O)O)c2)c1.NC(=O)Nc1ccc(N)cc1. The van der Waals surface area contributed by atoms with Gasteiger partial charge in [-0.1, -0.05) is 25.1 Å². The number of nitrogens with two attached hydrogens (primary N) is 2. The minimum Gasteiger partial charge on any atom is -0.481 e. The number of benzene rings is 3. The fourth-order valence-corrected chi connectivity index (χ4v) is 4.21. The molecule has 4 amide bonds. The van der Waals surface area contributed by atoms with Crippen LogP contribution < -0.4 is 32.1 Å². The minimum atomic E-state index is -3.87. The quantitative estimate of drug-likeness (QED) is 0.184. The summed E-state index contributed by atoms with van der Waals surface area (Å²) in [6.45, 7) is 2.44. The molecular formula is C26H32N6O6S. The van der Waals surface area contributed by atoms with Crippen molar-refractivity contribution in [3.8, 4) is 0 Å². The number of carbonyl (C=O) groups excluding carboxylic acids is 2. The van der Waals surface area contributed by atoms with Gasteiger partial charge in [-0.2, -0.15) is 0 Å². The van der Waals surface area contributed by atoms with Crippen molar-refractivity contribution in [2.45, 2.75) is 31.1 Å². The summed E-state index contributed by atoms with van der Waals surface area (Å²) in [6, 6.07) is 18.2. The van der Waals surface area contributed by atoms with Crippen molar-refractivity contribution in [3.63, 3.8) is 0 Å². The predicted molar refractivity (Wildman–Crippen MR) is 151 cm³/mol. The third kappa shape index (κ3) is 11.4. The number of primary amides is 1. The third-order valence-corrected chi connectivity index (χ3v) is 6.30. The molecule has 0 fully saturated rings. The molecule has 0 unspecified atom stereocenters. The first-order valence-corrected chi connectivity index (χ1v) is 13.4. The number of rotatable bonds is 10. The number of nitrogen functional groups attached to an aromatic ring is 1. The zero-order chi connectivity index (χ0) is 28.8. The Hall–Kier alpha value is -4.78. The number of aliphatic carboxylic acids is 1. The molecule has 0 radical (unpaired) electrons. The highest BCUT2D eigenvalue weighted by Gasteiger charge is 2.15. The average Bonchev–Trinajstić information content (AvgIpc) is 2.88. The number of carbonyl (C=O) groups is 3. The lowest BCUT2D eigenvalue weighted by Gasteiger charge is -2.11. The smallest absolute Gasteiger partial charge is 0.319 e. The predicted octanol–water partition coefficient (Wildman–Crippen LogP) is 3.80. The first kappa shape index (κ1) is 30.4. The topological polar surface area (TPSA) is 206 Å². The normalized spacial score (nSPS) is 10.4. The number of carboxylic acids is 1. The van der Waals surface area contributed by atoms with Gasteiger partial charge in [0, 0.05) is 35.7 Å². The van der Waals surface area contributed by atoms with Gasteiger partial charge in [-0.3, -0.25) is 9.52 Å². The van der Waals surface area contributed by atoms with Crippen molar-refractivity contribution < 1.29 is 27.9 Å². The van der Waals surface area contributed by atoms with Gasteiger partial charge in [0.2, 0.25) is 0 Å². The van der Waals surface area contributed by atoms with Crippen molar-refractivity contribution >= 4 is 50.8 Å². The van der Waals surface area contributed by atoms with Gasteiger partial charge < -0.3 is 32.5 Å². The molecule has 3 rings (SSSR count). The number of sulfonamides is 1. The Morgan fingerprint density at radius 1 is 0.872 bits per heavy atom. The number of hydrogen-bond donors (Lipinski definition) is 7. The Labute approximate surface area is 226 Å². The van der Waals surface area contributed by atoms with Crippen LogP contribution >= 0.6 is 0 Å². The van der Waals surface area contributed by atoms with E-state index < -0.39 is 28.1 Å². The molecule has 0 atom stereocenters. The van der Waals surface area contributed by atoms with Gasteiger partial charge >= 0.3 is 18.0 Å². The van der Waals surface area contributed by atoms with Crippen LogP contribution in [0.5, 0.6) is 0 Å². The molecule has 9 N–H and O–H groups in total. The molecule has 3 aromatic rings. The Morgan fingerprint density at radius 3 is 2.18 bits per heavy atom. The zero-order valence-electron chi connectivity index (χ0n) is 21.3. The summed E-state index contributed by atoms with van der Waals surface area (Å²) >= 11 is 0. The van der Waals surface area contributed by atoms with Crippen LogP contribution in [-0.4, -0.2) is 38.1 Å². The second-order valence-electron chi connectivity index (χ2n) is 8.22. The van der Waals surface area contributed by atoms with Gasteiger partial charge in [0.25, 0.3) is 10.0 Å². The van der Waals surface area contributed by atoms with E-state index in [1.165, 1.54) is 18.2 Å². The van der Waals surface area contributed by atoms with Crippen molar-refractivity contribution in [1.29, 1.82) is 0 Å². The van der Waals surface area contributed by atoms with E-state index in [-0.39, 0.29) is 11.3 Å². The number of amides is 4. The third-order valence-electron chi connectivity index (χ3n) is 4.92. The standard InChI is InChI=1S/C19H23N3O5S.C7H9N3O/c1-2-11-20-19(25)21-15-6-4-8-17(13-15)28(26,27)22-16-7-3-5-14(12-16)9-10-18(23)24;8-5-1-3-6(4-2-5)10-7(9)11/h3-8,12-13,22H,2,9-11H2,1H3,(H,23,24)(H2,20,21,25);1-4H,8H2,(H3,9,10,11). The first-order chi connectivity index (χ1) is 18.5. The van der Waals surface area contributed by atoms with Gasteiger partial charge in [0.15, 0.2) is 0 Å². The molecule has 0 spiro atoms. The molecule has 0 aliphatic heterocycles. The van der Waals surface area contributed by atoms with Crippen LogP contribution in [0.15, 0.2) is 77.7 Å². The van der Waals surface area contributed by atoms with Crippen LogP contribution in [-0.2, 0) is 21.2 Å². The molecule has 0 saturated carbocycles. The van der Waals surface area contributed by atoms with Crippen molar-refractivity contribution in [3.05, 3.63) is 78.4 Å². The lowest BCUT2D eigenvalue weighted by atomic mass is 10.1. The number of hydrogen-bond acceptors (Lipinski definition) is 6. The van der Waals surface area contributed by atoms with E-state index in [1.807, 2.05) is 6.92 Å². The van der Waals surface area contributed by atoms with Gasteiger partial charge in [-0.25, -0.2) is 18.0 Å². The van der Waals surface area contributed by atoms with Gasteiger partial charge in [-0.05, 0) is 73.0 Å². The first-order valence-electron chi connectivity index (χ1n) is 11.9. The summed E-state index contributed by atoms with van der Waals surface area (Å²) in [7, 11) is -3.87. The lowest BCUT2D eigenvalue weighted by molar-refractivity contribution is -0.136. The Morgan fingerprint density at radius 2 is 1.54 bits per heavy atom. The maximum absolute atomic E-state index is 12.7. The molecule has 0 heterocycles. The van der Waals surface area contributed by atoms with E-state index >= 15 is 0 Å². The van der Waals surface area contributed by atoms with E-state index in [0.29, 0.717) is 41.3 Å². The zero-order valence-corrected chi connectivity index (χ0v) is 22.1. The molecule has 39 heavy (non-hydrogen) atoms. The van der Waals surface area contributed by atoms with Crippen LogP contribution in [0.25, 0.3) is 0 Å². The Bertz CT molecular complexity index is 1380. The van der Waals surface area contributed by atoms with Crippen LogP contribution in [0, 0.1) is 0 Å². The summed E-state index contributed by atoms with van der Waals surface area (Å²) in [5.74, 6) is -0.918. The van der Waals surface area contributed by atoms with E-state index in [2.05, 4.69) is 20.7 Å². The number of carboxylic acid groups (broad SMARTS) is 1. The maximum Gasteiger partial charge on any atom is 0.319 e. The largest absolute Gasteiger partial charge is 0.481 e. The van der Waals surface area contributed by atoms with E-state index in [1.54, 1.807) is 54.6 Å². The average molecular weight is 557 g/mol. The number of aryl methyl sites for hydroxylation is 1. The molecule has 0 aromatic heterocycles. The molecule has 208 valence electrons. The second kappa shape index (κ2) is 14.8. The van der Waals surface area contributed by atoms with E-state index in [0.717, 1.165) is 6.42 Å². The highest BCUT2D eigenvalue weighted by Crippen LogP contribution is 2.20. The number of urea groups is 2. The lowest BCUT2D eigenvalue weighted by Crippen LogP contribution is -2.29.